The topological polar surface area (TPSA) is 0 Å². The first kappa shape index (κ1) is 25.4. The van der Waals surface area contributed by atoms with Crippen molar-refractivity contribution in [3.63, 3.8) is 0 Å². The van der Waals surface area contributed by atoms with Gasteiger partial charge in [0, 0.05) is 0 Å². The zero-order chi connectivity index (χ0) is 22.5. The highest BCUT2D eigenvalue weighted by molar-refractivity contribution is 5.21. The normalized spacial score (nSPS) is 16.5. The third kappa shape index (κ3) is 3.23. The van der Waals surface area contributed by atoms with Crippen LogP contribution < -0.4 is 0 Å². The molecule has 0 nitrogen and oxygen atoms in total. The smallest absolute Gasteiger partial charge is 0.205 e. The second-order valence-corrected chi connectivity index (χ2v) is 4.69. The monoisotopic (exact) mass is 440 g/mol. The lowest BCUT2D eigenvalue weighted by atomic mass is 9.90. The van der Waals surface area contributed by atoms with E-state index in [4.69, 9.17) is 0 Å². The van der Waals surface area contributed by atoms with E-state index in [-0.39, 0.29) is 6.08 Å². The largest absolute Gasteiger partial charge is 0.460 e. The van der Waals surface area contributed by atoms with Crippen molar-refractivity contribution in [3.05, 3.63) is 24.6 Å². The highest BCUT2D eigenvalue weighted by atomic mass is 19.4. The van der Waals surface area contributed by atoms with Crippen LogP contribution in [0.3, 0.4) is 0 Å². The highest BCUT2D eigenvalue weighted by Gasteiger charge is 2.93. The van der Waals surface area contributed by atoms with E-state index in [1.165, 1.54) is 0 Å². The Hall–Kier alpha value is -1.64. The van der Waals surface area contributed by atoms with Crippen LogP contribution in [0.2, 0.25) is 0 Å². The molecule has 0 bridgehead atoms. The van der Waals surface area contributed by atoms with Crippen molar-refractivity contribution in [2.45, 2.75) is 41.7 Å². The van der Waals surface area contributed by atoms with E-state index in [0.29, 0.717) is 0 Å². The molecule has 0 saturated carbocycles. The maximum Gasteiger partial charge on any atom is 0.460 e. The zero-order valence-corrected chi connectivity index (χ0v) is 11.9. The molecule has 0 aliphatic carbocycles. The molecule has 0 saturated heterocycles. The number of hydrogen-bond acceptors (Lipinski definition) is 0. The van der Waals surface area contributed by atoms with Crippen LogP contribution in [0.25, 0.3) is 0 Å². The van der Waals surface area contributed by atoms with Crippen LogP contribution >= 0.6 is 0 Å². The summed E-state index contributed by atoms with van der Waals surface area (Å²) < 4.78 is 203. The van der Waals surface area contributed by atoms with Gasteiger partial charge in [0.05, 0.1) is 0 Å². The van der Waals surface area contributed by atoms with Gasteiger partial charge in [-0.2, -0.15) is 65.9 Å². The SMILES string of the molecule is C=C/C=C(/F)C(F)(F)C(F)(F)C(F)(F)C(F)(F)C(F)(F)C(F)(F)C(F)(F)F. The molecule has 0 atom stereocenters. The van der Waals surface area contributed by atoms with Gasteiger partial charge in [0.25, 0.3) is 0 Å². The molecule has 0 aromatic rings. The second-order valence-electron chi connectivity index (χ2n) is 4.69. The molecule has 0 heterocycles. The predicted molar refractivity (Wildman–Crippen MR) is 55.1 cm³/mol. The predicted octanol–water partition coefficient (Wildman–Crippen LogP) is 6.40. The van der Waals surface area contributed by atoms with Gasteiger partial charge in [-0.25, -0.2) is 4.39 Å². The van der Waals surface area contributed by atoms with Crippen LogP contribution in [0.5, 0.6) is 0 Å². The average molecular weight is 440 g/mol. The van der Waals surface area contributed by atoms with Crippen molar-refractivity contribution in [1.82, 2.24) is 0 Å². The van der Waals surface area contributed by atoms with Gasteiger partial charge in [-0.15, -0.1) is 0 Å². The van der Waals surface area contributed by atoms with Crippen LogP contribution in [-0.4, -0.2) is 41.7 Å². The molecule has 0 rings (SSSR count). The molecule has 0 amide bonds. The molecular weight excluding hydrogens is 436 g/mol. The summed E-state index contributed by atoms with van der Waals surface area (Å²) >= 11 is 0. The molecule has 0 spiro atoms. The third-order valence-electron chi connectivity index (χ3n) is 2.89. The first-order valence-corrected chi connectivity index (χ1v) is 5.80. The number of hydrogen-bond donors (Lipinski definition) is 0. The van der Waals surface area contributed by atoms with Crippen LogP contribution in [0.1, 0.15) is 0 Å². The molecule has 160 valence electrons. The van der Waals surface area contributed by atoms with Gasteiger partial charge in [-0.05, 0) is 6.08 Å². The minimum atomic E-state index is -8.43. The molecule has 0 aliphatic rings. The summed E-state index contributed by atoms with van der Waals surface area (Å²) in [6.07, 6.45) is -8.59. The van der Waals surface area contributed by atoms with Gasteiger partial charge in [0.15, 0.2) is 5.83 Å². The van der Waals surface area contributed by atoms with Crippen LogP contribution in [0.15, 0.2) is 24.6 Å². The minimum Gasteiger partial charge on any atom is -0.205 e. The van der Waals surface area contributed by atoms with E-state index >= 15 is 0 Å². The van der Waals surface area contributed by atoms with Crippen molar-refractivity contribution in [3.8, 4) is 0 Å². The molecule has 0 aromatic heterocycles. The summed E-state index contributed by atoms with van der Waals surface area (Å²) in [5, 5.41) is 0. The minimum absolute atomic E-state index is 0.109. The summed E-state index contributed by atoms with van der Waals surface area (Å²) in [7, 11) is 0. The van der Waals surface area contributed by atoms with E-state index in [1.54, 1.807) is 0 Å². The lowest BCUT2D eigenvalue weighted by molar-refractivity contribution is -0.450. The van der Waals surface area contributed by atoms with E-state index < -0.39 is 53.6 Å². The van der Waals surface area contributed by atoms with Gasteiger partial charge in [0.2, 0.25) is 0 Å². The zero-order valence-electron chi connectivity index (χ0n) is 11.9. The van der Waals surface area contributed by atoms with Gasteiger partial charge in [-0.3, -0.25) is 0 Å². The summed E-state index contributed by atoms with van der Waals surface area (Å²) in [5.74, 6) is -51.7. The Morgan fingerprint density at radius 3 is 1.11 bits per heavy atom. The van der Waals surface area contributed by atoms with E-state index in [9.17, 15) is 70.2 Å². The summed E-state index contributed by atoms with van der Waals surface area (Å²) in [4.78, 5) is 0. The highest BCUT2D eigenvalue weighted by Crippen LogP contribution is 2.63. The third-order valence-corrected chi connectivity index (χ3v) is 2.89. The van der Waals surface area contributed by atoms with Crippen molar-refractivity contribution in [2.75, 3.05) is 0 Å². The molecule has 0 fully saturated rings. The Balaban J connectivity index is 6.64. The lowest BCUT2D eigenvalue weighted by Crippen LogP contribution is -2.72. The van der Waals surface area contributed by atoms with Gasteiger partial charge in [-0.1, -0.05) is 12.7 Å². The molecule has 0 radical (unpaired) electrons. The molecule has 0 unspecified atom stereocenters. The number of rotatable bonds is 7. The first-order chi connectivity index (χ1) is 11.5. The van der Waals surface area contributed by atoms with E-state index in [1.807, 2.05) is 0 Å². The number of allylic oxidation sites excluding steroid dienone is 3. The quantitative estimate of drug-likeness (QED) is 0.318. The average Bonchev–Trinajstić information content (AvgIpc) is 2.45. The first-order valence-electron chi connectivity index (χ1n) is 5.80. The van der Waals surface area contributed by atoms with Crippen molar-refractivity contribution in [1.29, 1.82) is 0 Å². The van der Waals surface area contributed by atoms with Crippen molar-refractivity contribution in [2.24, 2.45) is 0 Å². The Kier molecular flexibility index (Phi) is 6.07. The number of alkyl halides is 15. The van der Waals surface area contributed by atoms with E-state index in [2.05, 4.69) is 6.58 Å². The van der Waals surface area contributed by atoms with Gasteiger partial charge < -0.3 is 0 Å². The van der Waals surface area contributed by atoms with Crippen LogP contribution in [0.4, 0.5) is 70.2 Å². The van der Waals surface area contributed by atoms with Crippen molar-refractivity contribution >= 4 is 0 Å². The van der Waals surface area contributed by atoms with Crippen molar-refractivity contribution < 1.29 is 70.2 Å². The Morgan fingerprint density at radius 2 is 0.815 bits per heavy atom. The summed E-state index contributed by atoms with van der Waals surface area (Å²) in [6.45, 7) is 2.43. The maximum atomic E-state index is 13.1. The molecule has 0 aliphatic heterocycles. The fourth-order valence-corrected chi connectivity index (χ4v) is 1.32. The summed E-state index contributed by atoms with van der Waals surface area (Å²) in [5.41, 5.74) is 0. The molecule has 16 heteroatoms. The molecule has 0 aromatic carbocycles. The Morgan fingerprint density at radius 1 is 0.519 bits per heavy atom. The van der Waals surface area contributed by atoms with E-state index in [0.717, 1.165) is 0 Å². The summed E-state index contributed by atoms with van der Waals surface area (Å²) in [6, 6.07) is 0. The lowest BCUT2D eigenvalue weighted by Gasteiger charge is -2.41. The second kappa shape index (κ2) is 6.46. The fourth-order valence-electron chi connectivity index (χ4n) is 1.32. The molecule has 27 heavy (non-hydrogen) atoms. The van der Waals surface area contributed by atoms with Crippen LogP contribution in [0, 0.1) is 0 Å². The molecule has 0 N–H and O–H groups in total. The Bertz CT molecular complexity index is 592. The standard InChI is InChI=1S/C11H4F16/c1-2-3-4(12)5(13,14)6(15,16)7(17,18)8(19,20)9(21,22)10(23,24)11(25,26)27/h2-3H,1H2/b4-3+. The Labute approximate surface area is 138 Å². The maximum absolute atomic E-state index is 13.1. The fraction of sp³-hybridized carbons (Fsp3) is 0.636. The van der Waals surface area contributed by atoms with Crippen LogP contribution in [-0.2, 0) is 0 Å². The number of halogens is 16. The van der Waals surface area contributed by atoms with Gasteiger partial charge >= 0.3 is 41.7 Å². The van der Waals surface area contributed by atoms with Gasteiger partial charge in [0.1, 0.15) is 0 Å². The molecular formula is C11H4F16.